The minimum absolute atomic E-state index is 0.962. The maximum atomic E-state index is 5.28. The second kappa shape index (κ2) is 9.21. The van der Waals surface area contributed by atoms with Crippen LogP contribution >= 0.6 is 7.92 Å². The molecule has 1 unspecified atom stereocenters. The smallest absolute Gasteiger partial charge is 0.146 e. The third-order valence-corrected chi connectivity index (χ3v) is 10.7. The highest BCUT2D eigenvalue weighted by Crippen LogP contribution is 2.39. The van der Waals surface area contributed by atoms with Gasteiger partial charge in [-0.1, -0.05) is 109 Å². The van der Waals surface area contributed by atoms with E-state index in [1.54, 1.807) is 0 Å². The second-order valence-corrected chi connectivity index (χ2v) is 12.9. The van der Waals surface area contributed by atoms with Crippen LogP contribution in [0.2, 0.25) is 0 Å². The first-order valence-corrected chi connectivity index (χ1v) is 15.5. The van der Waals surface area contributed by atoms with Crippen molar-refractivity contribution in [1.29, 1.82) is 0 Å². The third-order valence-electron chi connectivity index (χ3n) is 8.32. The minimum atomic E-state index is -0.962. The molecular formula is C38H24N3P. The summed E-state index contributed by atoms with van der Waals surface area (Å²) in [5, 5.41) is 11.1. The number of rotatable bonds is 3. The molecule has 0 radical (unpaired) electrons. The van der Waals surface area contributed by atoms with E-state index in [0.717, 1.165) is 22.1 Å². The van der Waals surface area contributed by atoms with Crippen molar-refractivity contribution in [1.82, 2.24) is 14.4 Å². The predicted octanol–water partition coefficient (Wildman–Crippen LogP) is 8.25. The first-order valence-electron chi connectivity index (χ1n) is 14.2. The number of hydrogen-bond acceptors (Lipinski definition) is 2. The van der Waals surface area contributed by atoms with Crippen LogP contribution in [0.1, 0.15) is 0 Å². The van der Waals surface area contributed by atoms with Crippen LogP contribution in [0.5, 0.6) is 0 Å². The van der Waals surface area contributed by atoms with Gasteiger partial charge in [-0.25, -0.2) is 4.98 Å². The molecule has 0 saturated heterocycles. The summed E-state index contributed by atoms with van der Waals surface area (Å²) < 4.78 is 2.40. The van der Waals surface area contributed by atoms with Gasteiger partial charge in [-0.3, -0.25) is 9.38 Å². The molecule has 0 aliphatic heterocycles. The van der Waals surface area contributed by atoms with Crippen molar-refractivity contribution in [2.45, 2.75) is 0 Å². The van der Waals surface area contributed by atoms with Crippen molar-refractivity contribution >= 4 is 83.9 Å². The number of benzene rings is 6. The summed E-state index contributed by atoms with van der Waals surface area (Å²) in [6.45, 7) is 0. The lowest BCUT2D eigenvalue weighted by Gasteiger charge is -2.21. The van der Waals surface area contributed by atoms with E-state index in [2.05, 4.69) is 150 Å². The lowest BCUT2D eigenvalue weighted by Crippen LogP contribution is -2.22. The van der Waals surface area contributed by atoms with Gasteiger partial charge in [0.1, 0.15) is 5.65 Å². The molecule has 0 aliphatic rings. The van der Waals surface area contributed by atoms with E-state index in [-0.39, 0.29) is 0 Å². The largest absolute Gasteiger partial charge is 0.291 e. The van der Waals surface area contributed by atoms with Gasteiger partial charge in [0, 0.05) is 33.0 Å². The molecule has 3 aromatic heterocycles. The Morgan fingerprint density at radius 3 is 2.10 bits per heavy atom. The summed E-state index contributed by atoms with van der Waals surface area (Å²) >= 11 is 0. The summed E-state index contributed by atoms with van der Waals surface area (Å²) in [5.41, 5.74) is 5.36. The van der Waals surface area contributed by atoms with Crippen molar-refractivity contribution < 1.29 is 0 Å². The second-order valence-electron chi connectivity index (χ2n) is 10.7. The SMILES string of the molecule is c1ccc2cc(P(c3cnc4ccccc4c3)c3cccc4nc5c6ccccc6c6ccccc6n5c34)ccc2c1. The Kier molecular flexibility index (Phi) is 5.17. The van der Waals surface area contributed by atoms with Crippen LogP contribution in [0.3, 0.4) is 0 Å². The Morgan fingerprint density at radius 1 is 0.500 bits per heavy atom. The Morgan fingerprint density at radius 2 is 1.19 bits per heavy atom. The molecule has 6 aromatic carbocycles. The Labute approximate surface area is 243 Å². The van der Waals surface area contributed by atoms with Crippen LogP contribution in [0.4, 0.5) is 0 Å². The quantitative estimate of drug-likeness (QED) is 0.163. The molecule has 0 saturated carbocycles. The molecule has 3 heterocycles. The van der Waals surface area contributed by atoms with Crippen molar-refractivity contribution in [2.75, 3.05) is 0 Å². The highest BCUT2D eigenvalue weighted by Gasteiger charge is 2.24. The fraction of sp³-hybridized carbons (Fsp3) is 0. The minimum Gasteiger partial charge on any atom is -0.291 e. The fourth-order valence-electron chi connectivity index (χ4n) is 6.44. The monoisotopic (exact) mass is 553 g/mol. The molecule has 9 aromatic rings. The van der Waals surface area contributed by atoms with Crippen LogP contribution in [-0.4, -0.2) is 14.4 Å². The number of fused-ring (bicyclic) bond motifs is 10. The number of hydrogen-bond donors (Lipinski definition) is 0. The maximum absolute atomic E-state index is 5.28. The summed E-state index contributed by atoms with van der Waals surface area (Å²) in [7, 11) is -0.962. The van der Waals surface area contributed by atoms with Gasteiger partial charge in [-0.15, -0.1) is 0 Å². The van der Waals surface area contributed by atoms with E-state index >= 15 is 0 Å². The Balaban J connectivity index is 1.43. The van der Waals surface area contributed by atoms with E-state index in [0.29, 0.717) is 0 Å². The van der Waals surface area contributed by atoms with Gasteiger partial charge >= 0.3 is 0 Å². The molecule has 42 heavy (non-hydrogen) atoms. The average Bonchev–Trinajstić information content (AvgIpc) is 3.46. The van der Waals surface area contributed by atoms with Crippen molar-refractivity contribution in [3.8, 4) is 0 Å². The zero-order valence-electron chi connectivity index (χ0n) is 22.6. The van der Waals surface area contributed by atoms with Gasteiger partial charge in [0.2, 0.25) is 0 Å². The first-order chi connectivity index (χ1) is 20.8. The lowest BCUT2D eigenvalue weighted by molar-refractivity contribution is 1.32. The topological polar surface area (TPSA) is 30.2 Å². The molecule has 4 heteroatoms. The van der Waals surface area contributed by atoms with Crippen LogP contribution in [-0.2, 0) is 0 Å². The highest BCUT2D eigenvalue weighted by atomic mass is 31.1. The highest BCUT2D eigenvalue weighted by molar-refractivity contribution is 7.80. The molecule has 196 valence electrons. The number of aromatic nitrogens is 3. The van der Waals surface area contributed by atoms with Gasteiger partial charge in [0.05, 0.1) is 22.1 Å². The molecule has 0 amide bonds. The number of pyridine rings is 2. The summed E-state index contributed by atoms with van der Waals surface area (Å²) in [6.07, 6.45) is 2.08. The molecular weight excluding hydrogens is 529 g/mol. The fourth-order valence-corrected chi connectivity index (χ4v) is 8.89. The van der Waals surface area contributed by atoms with Crippen molar-refractivity contribution in [3.05, 3.63) is 146 Å². The van der Waals surface area contributed by atoms with E-state index in [9.17, 15) is 0 Å². The zero-order chi connectivity index (χ0) is 27.6. The van der Waals surface area contributed by atoms with Crippen molar-refractivity contribution in [3.63, 3.8) is 0 Å². The Hall–Kier alpha value is -5.11. The molecule has 0 aliphatic carbocycles. The van der Waals surface area contributed by atoms with Gasteiger partial charge in [0.15, 0.2) is 0 Å². The van der Waals surface area contributed by atoms with Crippen molar-refractivity contribution in [2.24, 2.45) is 0 Å². The van der Waals surface area contributed by atoms with Gasteiger partial charge in [0.25, 0.3) is 0 Å². The van der Waals surface area contributed by atoms with E-state index in [1.165, 1.54) is 53.9 Å². The van der Waals surface area contributed by atoms with Crippen LogP contribution in [0.25, 0.3) is 60.0 Å². The average molecular weight is 554 g/mol. The first kappa shape index (κ1) is 23.6. The van der Waals surface area contributed by atoms with Crippen LogP contribution < -0.4 is 15.9 Å². The number of imidazole rings is 1. The molecule has 9 rings (SSSR count). The molecule has 0 fully saturated rings. The standard InChI is InChI=1S/C38H24N3P/c1-2-11-26-22-28(21-20-25(26)10-1)42(29-23-27-12-3-7-16-33(27)39-24-29)36-19-9-17-34-37(36)41-35-18-8-6-14-31(35)30-13-4-5-15-32(30)38(41)40-34/h1-24H. The third kappa shape index (κ3) is 3.51. The summed E-state index contributed by atoms with van der Waals surface area (Å²) in [4.78, 5) is 10.2. The van der Waals surface area contributed by atoms with Gasteiger partial charge < -0.3 is 0 Å². The molecule has 0 bridgehead atoms. The molecule has 0 N–H and O–H groups in total. The summed E-state index contributed by atoms with van der Waals surface area (Å²) in [6, 6.07) is 50.2. The molecule has 3 nitrogen and oxygen atoms in total. The van der Waals surface area contributed by atoms with Crippen LogP contribution in [0.15, 0.2) is 146 Å². The van der Waals surface area contributed by atoms with Crippen LogP contribution in [0, 0.1) is 0 Å². The number of nitrogens with zero attached hydrogens (tertiary/aromatic N) is 3. The molecule has 1 atom stereocenters. The Bertz CT molecular complexity index is 2420. The van der Waals surface area contributed by atoms with Gasteiger partial charge in [-0.05, 0) is 59.7 Å². The molecule has 0 spiro atoms. The summed E-state index contributed by atoms with van der Waals surface area (Å²) in [5.74, 6) is 0. The lowest BCUT2D eigenvalue weighted by atomic mass is 10.1. The van der Waals surface area contributed by atoms with E-state index in [4.69, 9.17) is 9.97 Å². The maximum Gasteiger partial charge on any atom is 0.146 e. The normalized spacial score (nSPS) is 12.7. The predicted molar refractivity (Wildman–Crippen MR) is 179 cm³/mol. The van der Waals surface area contributed by atoms with E-state index < -0.39 is 7.92 Å². The van der Waals surface area contributed by atoms with E-state index in [1.807, 2.05) is 0 Å². The number of para-hydroxylation sites is 3. The van der Waals surface area contributed by atoms with Gasteiger partial charge in [-0.2, -0.15) is 0 Å². The zero-order valence-corrected chi connectivity index (χ0v) is 23.5.